The molecular formula is C4H9BF3K. The summed E-state index contributed by atoms with van der Waals surface area (Å²) in [6, 6.07) is 0. The molecule has 0 nitrogen and oxygen atoms in total. The van der Waals surface area contributed by atoms with Crippen molar-refractivity contribution < 1.29 is 12.9 Å². The Bertz CT molecular complexity index is 52.6. The summed E-state index contributed by atoms with van der Waals surface area (Å²) in [7, 11) is -3.67. The monoisotopic (exact) mass is 164 g/mol. The van der Waals surface area contributed by atoms with Gasteiger partial charge in [0.15, 0.2) is 0 Å². The molecule has 0 aliphatic heterocycles. The maximum absolute atomic E-state index is 9.67. The molecule has 0 bridgehead atoms. The smallest absolute Gasteiger partial charge is 0.254 e. The second-order valence-corrected chi connectivity index (χ2v) is 7.93. The van der Waals surface area contributed by atoms with Gasteiger partial charge in [-0.15, -0.1) is 0 Å². The Morgan fingerprint density at radius 2 is 1.11 bits per heavy atom. The molecule has 0 fully saturated rings. The third-order valence-electron chi connectivity index (χ3n) is 0. The Morgan fingerprint density at radius 1 is 1.11 bits per heavy atom. The van der Waals surface area contributed by atoms with Gasteiger partial charge in [-0.2, -0.15) is 0 Å². The van der Waals surface area contributed by atoms with E-state index in [1.807, 2.05) is 0 Å². The molecule has 0 radical (unpaired) electrons. The maximum atomic E-state index is 9.67. The summed E-state index contributed by atoms with van der Waals surface area (Å²) in [6.45, 7) is 6.81. The van der Waals surface area contributed by atoms with Gasteiger partial charge in [0.25, 0.3) is 0 Å². The fourth-order valence-corrected chi connectivity index (χ4v) is 0. The van der Waals surface area contributed by atoms with Crippen molar-refractivity contribution in [3.63, 3.8) is 0 Å². The van der Waals surface area contributed by atoms with Crippen LogP contribution in [0.15, 0.2) is 0 Å². The molecule has 0 saturated heterocycles. The molecule has 0 aliphatic rings. The van der Waals surface area contributed by atoms with Gasteiger partial charge < -0.3 is 0 Å². The van der Waals surface area contributed by atoms with E-state index >= 15 is 0 Å². The first-order chi connectivity index (χ1) is 3.73. The van der Waals surface area contributed by atoms with E-state index in [4.69, 9.17) is 0 Å². The van der Waals surface area contributed by atoms with Crippen molar-refractivity contribution in [2.75, 3.05) is 0 Å². The second kappa shape index (κ2) is 6.22. The van der Waals surface area contributed by atoms with E-state index in [2.05, 4.69) is 20.8 Å². The third kappa shape index (κ3) is 240. The minimum Gasteiger partial charge on any atom is -0.254 e. The summed E-state index contributed by atoms with van der Waals surface area (Å²) >= 11 is 1.00. The molecule has 0 N–H and O–H groups in total. The molecule has 0 saturated carbocycles. The minimum atomic E-state index is -3.67. The SMILES string of the molecule is C[C](C)(C)[K].FB(F)F. The average Bonchev–Trinajstić information content (AvgIpc) is 1.19. The van der Waals surface area contributed by atoms with Crippen LogP contribution in [0, 0.1) is 0 Å². The van der Waals surface area contributed by atoms with Crippen LogP contribution in [0.25, 0.3) is 0 Å². The quantitative estimate of drug-likeness (QED) is 0.481. The zero-order valence-electron chi connectivity index (χ0n) is 6.21. The Hall–Kier alpha value is 1.49. The predicted molar refractivity (Wildman–Crippen MR) is 34.5 cm³/mol. The van der Waals surface area contributed by atoms with Crippen LogP contribution in [0.5, 0.6) is 0 Å². The van der Waals surface area contributed by atoms with Gasteiger partial charge in [-0.3, -0.25) is 12.9 Å². The summed E-state index contributed by atoms with van der Waals surface area (Å²) in [6.07, 6.45) is 0. The molecule has 9 heavy (non-hydrogen) atoms. The van der Waals surface area contributed by atoms with Crippen LogP contribution in [0.4, 0.5) is 12.9 Å². The largest absolute Gasteiger partial charge is 0.762 e. The molecule has 0 unspecified atom stereocenters. The first kappa shape index (κ1) is 13.1. The summed E-state index contributed by atoms with van der Waals surface area (Å²) in [4.78, 5) is 0. The fourth-order valence-electron chi connectivity index (χ4n) is 0. The molecule has 0 aliphatic carbocycles. The topological polar surface area (TPSA) is 0 Å². The molecule has 0 amide bonds. The molecule has 0 rings (SSSR count). The molecule has 0 aromatic heterocycles. The molecule has 0 aromatic carbocycles. The van der Waals surface area contributed by atoms with Crippen LogP contribution < -0.4 is 0 Å². The summed E-state index contributed by atoms with van der Waals surface area (Å²) < 4.78 is 29.7. The molecule has 50 valence electrons. The van der Waals surface area contributed by atoms with E-state index in [0.29, 0.717) is -0.490 Å². The summed E-state index contributed by atoms with van der Waals surface area (Å²) in [5, 5.41) is 0. The first-order valence-electron chi connectivity index (χ1n) is 2.65. The Morgan fingerprint density at radius 3 is 1.11 bits per heavy atom. The van der Waals surface area contributed by atoms with Gasteiger partial charge in [-0.25, -0.2) is 0 Å². The van der Waals surface area contributed by atoms with Crippen LogP contribution in [0.1, 0.15) is 20.8 Å². The number of hydrogen-bond acceptors (Lipinski definition) is 0. The second-order valence-electron chi connectivity index (χ2n) is 3.25. The summed E-state index contributed by atoms with van der Waals surface area (Å²) in [5.41, 5.74) is 0. The molecule has 0 heterocycles. The van der Waals surface area contributed by atoms with E-state index in [9.17, 15) is 12.9 Å². The maximum Gasteiger partial charge on any atom is 0.762 e. The van der Waals surface area contributed by atoms with Gasteiger partial charge in [-0.05, 0) is 0 Å². The Kier molecular flexibility index (Phi) is 9.06. The molecule has 0 aromatic rings. The average molecular weight is 164 g/mol. The normalized spacial score (nSPS) is 9.78. The van der Waals surface area contributed by atoms with Gasteiger partial charge in [0.2, 0.25) is 0 Å². The van der Waals surface area contributed by atoms with E-state index < -0.39 is 7.54 Å². The van der Waals surface area contributed by atoms with Crippen LogP contribution in [0.2, 0.25) is -0.490 Å². The first-order valence-corrected chi connectivity index (χ1v) is 4.22. The Labute approximate surface area is 88.4 Å². The number of hydrogen-bond donors (Lipinski definition) is 0. The predicted octanol–water partition coefficient (Wildman–Crippen LogP) is 2.25. The molecular weight excluding hydrogens is 155 g/mol. The molecule has 5 heteroatoms. The van der Waals surface area contributed by atoms with Crippen LogP contribution in [0.3, 0.4) is 0 Å². The molecule has 0 spiro atoms. The third-order valence-corrected chi connectivity index (χ3v) is 0. The van der Waals surface area contributed by atoms with Crippen molar-refractivity contribution in [2.45, 2.75) is 20.3 Å². The van der Waals surface area contributed by atoms with E-state index in [-0.39, 0.29) is 0 Å². The van der Waals surface area contributed by atoms with Gasteiger partial charge in [0.1, 0.15) is 0 Å². The Balaban J connectivity index is 0. The zero-order valence-corrected chi connectivity index (χ0v) is 9.33. The van der Waals surface area contributed by atoms with Crippen molar-refractivity contribution in [1.29, 1.82) is 0 Å². The van der Waals surface area contributed by atoms with Gasteiger partial charge in [0.05, 0.1) is 0 Å². The van der Waals surface area contributed by atoms with Gasteiger partial charge in [-0.1, -0.05) is 0 Å². The van der Waals surface area contributed by atoms with Crippen LogP contribution >= 0.6 is 0 Å². The van der Waals surface area contributed by atoms with Crippen molar-refractivity contribution in [1.82, 2.24) is 0 Å². The van der Waals surface area contributed by atoms with Crippen LogP contribution in [-0.4, -0.2) is 56.5 Å². The standard InChI is InChI=1S/C4H9.BF3.K/c1-4(2)3;2-1(3)4;/h1-3H3;;. The van der Waals surface area contributed by atoms with Gasteiger partial charge >= 0.3 is 76.8 Å². The number of rotatable bonds is 0. The van der Waals surface area contributed by atoms with Crippen molar-refractivity contribution >= 4 is 56.5 Å². The summed E-state index contributed by atoms with van der Waals surface area (Å²) in [5.74, 6) is 0. The van der Waals surface area contributed by atoms with E-state index in [0.717, 1.165) is 49.0 Å². The van der Waals surface area contributed by atoms with Gasteiger partial charge in [0, 0.05) is 0 Å². The minimum absolute atomic E-state index is 0.688. The number of halogens is 3. The molecule has 0 atom stereocenters. The van der Waals surface area contributed by atoms with Crippen molar-refractivity contribution in [3.05, 3.63) is 0 Å². The van der Waals surface area contributed by atoms with E-state index in [1.165, 1.54) is 0 Å². The van der Waals surface area contributed by atoms with Crippen molar-refractivity contribution in [2.24, 2.45) is 0 Å². The fraction of sp³-hybridized carbons (Fsp3) is 1.00. The zero-order chi connectivity index (χ0) is 8.08. The van der Waals surface area contributed by atoms with E-state index in [1.54, 1.807) is 0 Å². The van der Waals surface area contributed by atoms with Crippen LogP contribution in [-0.2, 0) is 0 Å². The van der Waals surface area contributed by atoms with Crippen molar-refractivity contribution in [3.8, 4) is 0 Å².